The van der Waals surface area contributed by atoms with Crippen LogP contribution in [0, 0.1) is 0 Å². The van der Waals surface area contributed by atoms with Crippen LogP contribution in [0.1, 0.15) is 17.5 Å². The fraction of sp³-hybridized carbons (Fsp3) is 0.417. The molecule has 1 saturated heterocycles. The number of carbonyl (C=O) groups is 1. The molecule has 1 heterocycles. The Morgan fingerprint density at radius 2 is 1.57 bits per heavy atom. The minimum Gasteiger partial charge on any atom is -0.316 e. The van der Waals surface area contributed by atoms with Crippen LogP contribution in [0.5, 0.6) is 0 Å². The monoisotopic (exact) mass is 329 g/mol. The summed E-state index contributed by atoms with van der Waals surface area (Å²) in [6.45, 7) is 0.215. The van der Waals surface area contributed by atoms with Gasteiger partial charge in [0.1, 0.15) is 6.29 Å². The normalized spacial score (nSPS) is 19.9. The van der Waals surface area contributed by atoms with Gasteiger partial charge in [-0.15, -0.1) is 0 Å². The SMILES string of the molecule is O=CC1CCN(c2cc(C(F)(F)F)cc(C(F)(F)F)c2)S1. The summed E-state index contributed by atoms with van der Waals surface area (Å²) >= 11 is 0.933. The lowest BCUT2D eigenvalue weighted by atomic mass is 10.1. The van der Waals surface area contributed by atoms with Gasteiger partial charge in [0.25, 0.3) is 0 Å². The van der Waals surface area contributed by atoms with Crippen LogP contribution < -0.4 is 4.31 Å². The predicted molar refractivity (Wildman–Crippen MR) is 65.9 cm³/mol. The average Bonchev–Trinajstić information content (AvgIpc) is 2.85. The molecule has 1 aromatic carbocycles. The number of hydrogen-bond acceptors (Lipinski definition) is 3. The molecule has 9 heteroatoms. The second kappa shape index (κ2) is 5.43. The molecule has 1 unspecified atom stereocenters. The number of aldehydes is 1. The van der Waals surface area contributed by atoms with E-state index in [-0.39, 0.29) is 18.3 Å². The first kappa shape index (κ1) is 16.0. The molecule has 0 aliphatic carbocycles. The first-order chi connectivity index (χ1) is 9.61. The van der Waals surface area contributed by atoms with Crippen LogP contribution in [-0.2, 0) is 17.1 Å². The molecule has 1 aliphatic rings. The van der Waals surface area contributed by atoms with Gasteiger partial charge in [0.05, 0.1) is 16.4 Å². The fourth-order valence-corrected chi connectivity index (χ4v) is 2.90. The van der Waals surface area contributed by atoms with Crippen molar-refractivity contribution in [3.05, 3.63) is 29.3 Å². The summed E-state index contributed by atoms with van der Waals surface area (Å²) in [6.07, 6.45) is -8.73. The maximum absolute atomic E-state index is 12.7. The molecule has 0 radical (unpaired) electrons. The highest BCUT2D eigenvalue weighted by atomic mass is 32.2. The summed E-state index contributed by atoms with van der Waals surface area (Å²) in [4.78, 5) is 10.6. The summed E-state index contributed by atoms with van der Waals surface area (Å²) in [5.74, 6) is 0. The van der Waals surface area contributed by atoms with Gasteiger partial charge in [-0.05, 0) is 36.6 Å². The maximum Gasteiger partial charge on any atom is 0.416 e. The van der Waals surface area contributed by atoms with Crippen LogP contribution in [0.2, 0.25) is 0 Å². The van der Waals surface area contributed by atoms with Crippen molar-refractivity contribution in [3.8, 4) is 0 Å². The topological polar surface area (TPSA) is 20.3 Å². The second-order valence-electron chi connectivity index (χ2n) is 4.43. The Morgan fingerprint density at radius 3 is 1.95 bits per heavy atom. The third-order valence-electron chi connectivity index (χ3n) is 2.89. The molecular weight excluding hydrogens is 320 g/mol. The van der Waals surface area contributed by atoms with Gasteiger partial charge in [0.2, 0.25) is 0 Å². The molecule has 1 aliphatic heterocycles. The van der Waals surface area contributed by atoms with Crippen LogP contribution in [0.4, 0.5) is 32.0 Å². The number of rotatable bonds is 2. The van der Waals surface area contributed by atoms with Crippen molar-refractivity contribution >= 4 is 23.9 Å². The van der Waals surface area contributed by atoms with Crippen LogP contribution >= 0.6 is 11.9 Å². The Labute approximate surface area is 120 Å². The summed E-state index contributed by atoms with van der Waals surface area (Å²) in [6, 6.07) is 1.41. The van der Waals surface area contributed by atoms with Gasteiger partial charge in [-0.3, -0.25) is 0 Å². The lowest BCUT2D eigenvalue weighted by molar-refractivity contribution is -0.143. The molecule has 0 saturated carbocycles. The number of halogens is 6. The second-order valence-corrected chi connectivity index (χ2v) is 5.69. The molecule has 116 valence electrons. The van der Waals surface area contributed by atoms with Crippen LogP contribution in [0.25, 0.3) is 0 Å². The predicted octanol–water partition coefficient (Wildman–Crippen LogP) is 4.15. The Kier molecular flexibility index (Phi) is 4.14. The Balaban J connectivity index is 2.43. The number of hydrogen-bond donors (Lipinski definition) is 0. The molecule has 2 nitrogen and oxygen atoms in total. The highest BCUT2D eigenvalue weighted by molar-refractivity contribution is 8.02. The minimum atomic E-state index is -4.87. The third kappa shape index (κ3) is 3.63. The molecule has 2 rings (SSSR count). The van der Waals surface area contributed by atoms with E-state index in [1.165, 1.54) is 4.31 Å². The lowest BCUT2D eigenvalue weighted by Crippen LogP contribution is -2.15. The largest absolute Gasteiger partial charge is 0.416 e. The van der Waals surface area contributed by atoms with E-state index in [4.69, 9.17) is 0 Å². The highest BCUT2D eigenvalue weighted by Crippen LogP contribution is 2.41. The van der Waals surface area contributed by atoms with E-state index in [0.29, 0.717) is 24.8 Å². The molecule has 0 spiro atoms. The lowest BCUT2D eigenvalue weighted by Gasteiger charge is -2.20. The van der Waals surface area contributed by atoms with Crippen molar-refractivity contribution in [2.75, 3.05) is 10.8 Å². The van der Waals surface area contributed by atoms with E-state index in [1.54, 1.807) is 0 Å². The summed E-state index contributed by atoms with van der Waals surface area (Å²) in [7, 11) is 0. The van der Waals surface area contributed by atoms with Crippen LogP contribution in [0.3, 0.4) is 0 Å². The number of nitrogens with zero attached hydrogens (tertiary/aromatic N) is 1. The first-order valence-corrected chi connectivity index (χ1v) is 6.64. The van der Waals surface area contributed by atoms with Crippen molar-refractivity contribution in [3.63, 3.8) is 0 Å². The highest BCUT2D eigenvalue weighted by Gasteiger charge is 2.38. The summed E-state index contributed by atoms with van der Waals surface area (Å²) < 4.78 is 77.6. The van der Waals surface area contributed by atoms with E-state index in [0.717, 1.165) is 11.9 Å². The third-order valence-corrected chi connectivity index (χ3v) is 4.16. The van der Waals surface area contributed by atoms with E-state index in [9.17, 15) is 31.1 Å². The Morgan fingerprint density at radius 1 is 1.05 bits per heavy atom. The van der Waals surface area contributed by atoms with Crippen molar-refractivity contribution in [1.29, 1.82) is 0 Å². The molecular formula is C12H9F6NOS. The smallest absolute Gasteiger partial charge is 0.316 e. The standard InChI is InChI=1S/C12H9F6NOS/c13-11(14,15)7-3-8(12(16,17)18)5-9(4-7)19-2-1-10(6-20)21-19/h3-6,10H,1-2H2. The maximum atomic E-state index is 12.7. The molecule has 1 atom stereocenters. The molecule has 21 heavy (non-hydrogen) atoms. The van der Waals surface area contributed by atoms with Gasteiger partial charge < -0.3 is 9.10 Å². The molecule has 0 N–H and O–H groups in total. The number of benzene rings is 1. The number of carbonyl (C=O) groups excluding carboxylic acids is 1. The average molecular weight is 329 g/mol. The Hall–Kier alpha value is -1.38. The van der Waals surface area contributed by atoms with E-state index >= 15 is 0 Å². The molecule has 1 fully saturated rings. The number of alkyl halides is 6. The van der Waals surface area contributed by atoms with Crippen LogP contribution in [-0.4, -0.2) is 18.1 Å². The van der Waals surface area contributed by atoms with Gasteiger partial charge in [-0.25, -0.2) is 0 Å². The zero-order chi connectivity index (χ0) is 15.8. The van der Waals surface area contributed by atoms with E-state index < -0.39 is 28.7 Å². The van der Waals surface area contributed by atoms with Gasteiger partial charge in [0.15, 0.2) is 0 Å². The molecule has 0 bridgehead atoms. The van der Waals surface area contributed by atoms with Crippen molar-refractivity contribution in [2.45, 2.75) is 24.0 Å². The van der Waals surface area contributed by atoms with Gasteiger partial charge in [-0.1, -0.05) is 0 Å². The molecule has 0 amide bonds. The number of anilines is 1. The van der Waals surface area contributed by atoms with Gasteiger partial charge >= 0.3 is 12.4 Å². The van der Waals surface area contributed by atoms with Crippen LogP contribution in [0.15, 0.2) is 18.2 Å². The molecule has 0 aromatic heterocycles. The van der Waals surface area contributed by atoms with Crippen molar-refractivity contribution in [1.82, 2.24) is 0 Å². The van der Waals surface area contributed by atoms with Gasteiger partial charge in [0, 0.05) is 12.2 Å². The Bertz CT molecular complexity index is 509. The zero-order valence-corrected chi connectivity index (χ0v) is 11.1. The van der Waals surface area contributed by atoms with Crippen molar-refractivity contribution in [2.24, 2.45) is 0 Å². The molecule has 1 aromatic rings. The first-order valence-electron chi connectivity index (χ1n) is 5.80. The summed E-state index contributed by atoms with van der Waals surface area (Å²) in [5.41, 5.74) is -2.92. The summed E-state index contributed by atoms with van der Waals surface area (Å²) in [5, 5.41) is -0.450. The zero-order valence-electron chi connectivity index (χ0n) is 10.3. The van der Waals surface area contributed by atoms with E-state index in [1.807, 2.05) is 0 Å². The quantitative estimate of drug-likeness (QED) is 0.462. The fourth-order valence-electron chi connectivity index (χ4n) is 1.88. The minimum absolute atomic E-state index is 0.0848. The van der Waals surface area contributed by atoms with Crippen molar-refractivity contribution < 1.29 is 31.1 Å². The van der Waals surface area contributed by atoms with E-state index in [2.05, 4.69) is 0 Å². The van der Waals surface area contributed by atoms with Gasteiger partial charge in [-0.2, -0.15) is 26.3 Å².